The number of carbonyl (C=O) groups is 1. The van der Waals surface area contributed by atoms with Crippen molar-refractivity contribution in [3.8, 4) is 0 Å². The van der Waals surface area contributed by atoms with Crippen LogP contribution in [0.3, 0.4) is 0 Å². The molecule has 8 heteroatoms. The highest BCUT2D eigenvalue weighted by molar-refractivity contribution is 5.76. The molecule has 1 unspecified atom stereocenters. The van der Waals surface area contributed by atoms with Crippen LogP contribution in [-0.2, 0) is 11.3 Å². The fourth-order valence-electron chi connectivity index (χ4n) is 2.33. The number of aliphatic hydroxyl groups is 2. The molecule has 0 bridgehead atoms. The van der Waals surface area contributed by atoms with Crippen LogP contribution >= 0.6 is 0 Å². The first kappa shape index (κ1) is 13.9. The van der Waals surface area contributed by atoms with E-state index < -0.39 is 6.10 Å². The van der Waals surface area contributed by atoms with E-state index in [2.05, 4.69) is 15.5 Å². The average molecular weight is 269 g/mol. The third-order valence-electron chi connectivity index (χ3n) is 3.57. The predicted molar refractivity (Wildman–Crippen MR) is 64.8 cm³/mol. The number of tetrazole rings is 1. The van der Waals surface area contributed by atoms with Crippen molar-refractivity contribution in [1.29, 1.82) is 0 Å². The van der Waals surface area contributed by atoms with Gasteiger partial charge < -0.3 is 15.1 Å². The molecule has 2 rings (SSSR count). The molecule has 106 valence electrons. The van der Waals surface area contributed by atoms with Crippen molar-refractivity contribution in [2.45, 2.75) is 31.9 Å². The first-order valence-electron chi connectivity index (χ1n) is 6.48. The molecule has 2 heterocycles. The number of aryl methyl sites for hydroxylation is 1. The third-order valence-corrected chi connectivity index (χ3v) is 3.57. The number of aromatic nitrogens is 4. The molecule has 0 saturated carbocycles. The van der Waals surface area contributed by atoms with Crippen molar-refractivity contribution in [1.82, 2.24) is 25.1 Å². The predicted octanol–water partition coefficient (Wildman–Crippen LogP) is -1.34. The lowest BCUT2D eigenvalue weighted by molar-refractivity contribution is -0.133. The molecule has 8 nitrogen and oxygen atoms in total. The van der Waals surface area contributed by atoms with Crippen molar-refractivity contribution in [2.75, 3.05) is 19.7 Å². The van der Waals surface area contributed by atoms with E-state index in [1.54, 1.807) is 4.90 Å². The summed E-state index contributed by atoms with van der Waals surface area (Å²) in [6.45, 7) is 1.54. The van der Waals surface area contributed by atoms with Gasteiger partial charge in [-0.15, -0.1) is 5.10 Å². The maximum absolute atomic E-state index is 12.0. The van der Waals surface area contributed by atoms with Gasteiger partial charge in [-0.3, -0.25) is 4.79 Å². The van der Waals surface area contributed by atoms with Crippen LogP contribution in [-0.4, -0.2) is 67.0 Å². The summed E-state index contributed by atoms with van der Waals surface area (Å²) in [4.78, 5) is 13.8. The van der Waals surface area contributed by atoms with Gasteiger partial charge in [-0.25, -0.2) is 4.68 Å². The first-order valence-corrected chi connectivity index (χ1v) is 6.48. The van der Waals surface area contributed by atoms with E-state index >= 15 is 0 Å². The summed E-state index contributed by atoms with van der Waals surface area (Å²) in [5.41, 5.74) is 0. The number of likely N-dealkylation sites (tertiary alicyclic amines) is 1. The Morgan fingerprint density at radius 2 is 2.16 bits per heavy atom. The number of piperidine rings is 1. The molecule has 19 heavy (non-hydrogen) atoms. The molecule has 1 amide bonds. The summed E-state index contributed by atoms with van der Waals surface area (Å²) in [5, 5.41) is 29.2. The SMILES string of the molecule is O=C(CCn1cnnn1)N1CCC(C(O)CO)CC1. The molecule has 1 aliphatic rings. The Hall–Kier alpha value is -1.54. The standard InChI is InChI=1S/C11H19N5O3/c17-7-10(18)9-1-4-15(5-2-9)11(19)3-6-16-8-12-13-14-16/h8-10,17-18H,1-7H2. The normalized spacial score (nSPS) is 18.5. The summed E-state index contributed by atoms with van der Waals surface area (Å²) in [6.07, 6.45) is 2.66. The first-order chi connectivity index (χ1) is 9.20. The van der Waals surface area contributed by atoms with Crippen LogP contribution in [0.5, 0.6) is 0 Å². The van der Waals surface area contributed by atoms with E-state index in [1.807, 2.05) is 0 Å². The third kappa shape index (κ3) is 3.71. The van der Waals surface area contributed by atoms with E-state index in [9.17, 15) is 9.90 Å². The Kier molecular flexibility index (Phi) is 4.80. The zero-order valence-electron chi connectivity index (χ0n) is 10.7. The largest absolute Gasteiger partial charge is 0.394 e. The number of carbonyl (C=O) groups excluding carboxylic acids is 1. The molecule has 1 aliphatic heterocycles. The van der Waals surface area contributed by atoms with Crippen LogP contribution in [0, 0.1) is 5.92 Å². The lowest BCUT2D eigenvalue weighted by Crippen LogP contribution is -2.42. The van der Waals surface area contributed by atoms with E-state index in [0.717, 1.165) is 12.8 Å². The minimum absolute atomic E-state index is 0.0763. The van der Waals surface area contributed by atoms with E-state index in [1.165, 1.54) is 11.0 Å². The van der Waals surface area contributed by atoms with Crippen LogP contribution in [0.4, 0.5) is 0 Å². The summed E-state index contributed by atoms with van der Waals surface area (Å²) >= 11 is 0. The molecule has 0 radical (unpaired) electrons. The molecular weight excluding hydrogens is 250 g/mol. The fraction of sp³-hybridized carbons (Fsp3) is 0.818. The van der Waals surface area contributed by atoms with Crippen molar-refractivity contribution >= 4 is 5.91 Å². The Morgan fingerprint density at radius 3 is 2.74 bits per heavy atom. The molecular formula is C11H19N5O3. The van der Waals surface area contributed by atoms with Gasteiger partial charge in [0.15, 0.2) is 0 Å². The van der Waals surface area contributed by atoms with Gasteiger partial charge in [-0.05, 0) is 29.2 Å². The van der Waals surface area contributed by atoms with E-state index in [-0.39, 0.29) is 18.4 Å². The zero-order valence-corrected chi connectivity index (χ0v) is 10.7. The Labute approximate surface area is 111 Å². The molecule has 1 atom stereocenters. The molecule has 2 N–H and O–H groups in total. The highest BCUT2D eigenvalue weighted by atomic mass is 16.3. The van der Waals surface area contributed by atoms with Gasteiger partial charge in [0, 0.05) is 19.5 Å². The zero-order chi connectivity index (χ0) is 13.7. The molecule has 0 spiro atoms. The van der Waals surface area contributed by atoms with E-state index in [0.29, 0.717) is 26.1 Å². The van der Waals surface area contributed by atoms with Crippen LogP contribution in [0.15, 0.2) is 6.33 Å². The van der Waals surface area contributed by atoms with Gasteiger partial charge in [0.1, 0.15) is 6.33 Å². The number of amides is 1. The van der Waals surface area contributed by atoms with Gasteiger partial charge in [-0.1, -0.05) is 0 Å². The van der Waals surface area contributed by atoms with Gasteiger partial charge in [0.2, 0.25) is 5.91 Å². The van der Waals surface area contributed by atoms with Crippen LogP contribution in [0.2, 0.25) is 0 Å². The highest BCUT2D eigenvalue weighted by Crippen LogP contribution is 2.21. The van der Waals surface area contributed by atoms with Crippen molar-refractivity contribution in [2.24, 2.45) is 5.92 Å². The quantitative estimate of drug-likeness (QED) is 0.685. The second-order valence-corrected chi connectivity index (χ2v) is 4.79. The summed E-state index contributed by atoms with van der Waals surface area (Å²) < 4.78 is 1.53. The average Bonchev–Trinajstić information content (AvgIpc) is 2.97. The van der Waals surface area contributed by atoms with Crippen LogP contribution in [0.25, 0.3) is 0 Å². The van der Waals surface area contributed by atoms with Crippen molar-refractivity contribution in [3.05, 3.63) is 6.33 Å². The number of hydrogen-bond donors (Lipinski definition) is 2. The number of aliphatic hydroxyl groups excluding tert-OH is 2. The summed E-state index contributed by atoms with van der Waals surface area (Å²) in [5.74, 6) is 0.168. The molecule has 1 aromatic heterocycles. The Bertz CT molecular complexity index is 389. The molecule has 0 aromatic carbocycles. The summed E-state index contributed by atoms with van der Waals surface area (Å²) in [7, 11) is 0. The monoisotopic (exact) mass is 269 g/mol. The lowest BCUT2D eigenvalue weighted by atomic mass is 9.91. The van der Waals surface area contributed by atoms with Gasteiger partial charge in [-0.2, -0.15) is 0 Å². The number of hydrogen-bond acceptors (Lipinski definition) is 6. The second-order valence-electron chi connectivity index (χ2n) is 4.79. The van der Waals surface area contributed by atoms with Gasteiger partial charge >= 0.3 is 0 Å². The molecule has 1 aromatic rings. The van der Waals surface area contributed by atoms with E-state index in [4.69, 9.17) is 5.11 Å². The minimum Gasteiger partial charge on any atom is -0.394 e. The topological polar surface area (TPSA) is 104 Å². The summed E-state index contributed by atoms with van der Waals surface area (Å²) in [6, 6.07) is 0. The van der Waals surface area contributed by atoms with Gasteiger partial charge in [0.25, 0.3) is 0 Å². The minimum atomic E-state index is -0.668. The fourth-order valence-corrected chi connectivity index (χ4v) is 2.33. The van der Waals surface area contributed by atoms with Crippen molar-refractivity contribution in [3.63, 3.8) is 0 Å². The van der Waals surface area contributed by atoms with Crippen LogP contribution in [0.1, 0.15) is 19.3 Å². The van der Waals surface area contributed by atoms with Crippen LogP contribution < -0.4 is 0 Å². The number of nitrogens with zero attached hydrogens (tertiary/aromatic N) is 5. The molecule has 1 fully saturated rings. The maximum atomic E-state index is 12.0. The number of rotatable bonds is 5. The van der Waals surface area contributed by atoms with Crippen molar-refractivity contribution < 1.29 is 15.0 Å². The van der Waals surface area contributed by atoms with Gasteiger partial charge in [0.05, 0.1) is 19.3 Å². The Morgan fingerprint density at radius 1 is 1.42 bits per heavy atom. The molecule has 0 aliphatic carbocycles. The maximum Gasteiger partial charge on any atom is 0.224 e. The smallest absolute Gasteiger partial charge is 0.224 e. The Balaban J connectivity index is 1.73. The highest BCUT2D eigenvalue weighted by Gasteiger charge is 2.26. The lowest BCUT2D eigenvalue weighted by Gasteiger charge is -2.33. The second kappa shape index (κ2) is 6.58. The molecule has 1 saturated heterocycles.